The molecule has 0 bridgehead atoms. The molecular weight excluding hydrogens is 212 g/mol. The van der Waals surface area contributed by atoms with Gasteiger partial charge in [0.1, 0.15) is 0 Å². The summed E-state index contributed by atoms with van der Waals surface area (Å²) in [4.78, 5) is 16.6. The van der Waals surface area contributed by atoms with Crippen LogP contribution in [0, 0.1) is 13.8 Å². The highest BCUT2D eigenvalue weighted by molar-refractivity contribution is 6.08. The first kappa shape index (κ1) is 11.6. The first-order chi connectivity index (χ1) is 8.15. The molecule has 0 saturated carbocycles. The Morgan fingerprint density at radius 1 is 1.29 bits per heavy atom. The van der Waals surface area contributed by atoms with Gasteiger partial charge in [-0.05, 0) is 31.9 Å². The number of ketones is 1. The van der Waals surface area contributed by atoms with Gasteiger partial charge in [0.05, 0.1) is 0 Å². The van der Waals surface area contributed by atoms with E-state index in [0.717, 1.165) is 23.2 Å². The molecule has 0 radical (unpaired) electrons. The van der Waals surface area contributed by atoms with E-state index in [1.165, 1.54) is 0 Å². The number of aryl methyl sites for hydroxylation is 3. The minimum atomic E-state index is 0.00690. The molecule has 0 aliphatic carbocycles. The van der Waals surface area contributed by atoms with Crippen LogP contribution in [0.2, 0.25) is 0 Å². The molecule has 1 aromatic carbocycles. The van der Waals surface area contributed by atoms with Crippen LogP contribution in [-0.2, 0) is 6.54 Å². The van der Waals surface area contributed by atoms with Crippen LogP contribution in [0.25, 0.3) is 0 Å². The lowest BCUT2D eigenvalue weighted by atomic mass is 9.99. The summed E-state index contributed by atoms with van der Waals surface area (Å²) in [5, 5.41) is 0. The standard InChI is InChI=1S/C14H16N2O/c1-4-16-9-8-15-14(16)13(17)12-10(2)6-5-7-11(12)3/h5-9H,4H2,1-3H3. The Kier molecular flexibility index (Phi) is 3.09. The van der Waals surface area contributed by atoms with Gasteiger partial charge in [-0.2, -0.15) is 0 Å². The maximum atomic E-state index is 12.4. The van der Waals surface area contributed by atoms with Crippen molar-refractivity contribution >= 4 is 5.78 Å². The van der Waals surface area contributed by atoms with E-state index in [-0.39, 0.29) is 5.78 Å². The topological polar surface area (TPSA) is 34.9 Å². The lowest BCUT2D eigenvalue weighted by Gasteiger charge is -2.09. The molecule has 0 aliphatic rings. The second-order valence-corrected chi connectivity index (χ2v) is 4.13. The third kappa shape index (κ3) is 2.00. The van der Waals surface area contributed by atoms with E-state index in [1.807, 2.05) is 49.7 Å². The molecule has 0 fully saturated rings. The number of nitrogens with zero attached hydrogens (tertiary/aromatic N) is 2. The van der Waals surface area contributed by atoms with E-state index < -0.39 is 0 Å². The summed E-state index contributed by atoms with van der Waals surface area (Å²) in [6.07, 6.45) is 3.51. The van der Waals surface area contributed by atoms with Crippen molar-refractivity contribution in [1.82, 2.24) is 9.55 Å². The Labute approximate surface area is 101 Å². The van der Waals surface area contributed by atoms with Crippen molar-refractivity contribution in [2.45, 2.75) is 27.3 Å². The van der Waals surface area contributed by atoms with Gasteiger partial charge in [0.15, 0.2) is 5.82 Å². The number of carbonyl (C=O) groups is 1. The predicted molar refractivity (Wildman–Crippen MR) is 67.2 cm³/mol. The van der Waals surface area contributed by atoms with E-state index in [2.05, 4.69) is 4.98 Å². The molecule has 2 rings (SSSR count). The van der Waals surface area contributed by atoms with E-state index in [9.17, 15) is 4.79 Å². The lowest BCUT2D eigenvalue weighted by molar-refractivity contribution is 0.102. The van der Waals surface area contributed by atoms with Crippen molar-refractivity contribution in [3.05, 3.63) is 53.1 Å². The third-order valence-corrected chi connectivity index (χ3v) is 2.97. The molecular formula is C14H16N2O. The summed E-state index contributed by atoms with van der Waals surface area (Å²) < 4.78 is 1.87. The van der Waals surface area contributed by atoms with Crippen molar-refractivity contribution in [2.75, 3.05) is 0 Å². The van der Waals surface area contributed by atoms with Crippen LogP contribution in [0.5, 0.6) is 0 Å². The SMILES string of the molecule is CCn1ccnc1C(=O)c1c(C)cccc1C. The average molecular weight is 228 g/mol. The summed E-state index contributed by atoms with van der Waals surface area (Å²) in [7, 11) is 0. The molecule has 1 aromatic heterocycles. The number of hydrogen-bond donors (Lipinski definition) is 0. The molecule has 0 unspecified atom stereocenters. The Morgan fingerprint density at radius 3 is 2.53 bits per heavy atom. The number of rotatable bonds is 3. The van der Waals surface area contributed by atoms with E-state index in [0.29, 0.717) is 5.82 Å². The number of benzene rings is 1. The molecule has 3 nitrogen and oxygen atoms in total. The zero-order valence-corrected chi connectivity index (χ0v) is 10.4. The molecule has 17 heavy (non-hydrogen) atoms. The van der Waals surface area contributed by atoms with Crippen molar-refractivity contribution in [2.24, 2.45) is 0 Å². The van der Waals surface area contributed by atoms with Gasteiger partial charge in [0, 0.05) is 24.5 Å². The summed E-state index contributed by atoms with van der Waals surface area (Å²) in [6.45, 7) is 6.67. The Bertz CT molecular complexity index is 535. The van der Waals surface area contributed by atoms with Gasteiger partial charge in [-0.1, -0.05) is 18.2 Å². The van der Waals surface area contributed by atoms with Crippen molar-refractivity contribution in [3.63, 3.8) is 0 Å². The van der Waals surface area contributed by atoms with Crippen LogP contribution < -0.4 is 0 Å². The molecule has 0 atom stereocenters. The second-order valence-electron chi connectivity index (χ2n) is 4.13. The smallest absolute Gasteiger partial charge is 0.228 e. The van der Waals surface area contributed by atoms with Crippen LogP contribution >= 0.6 is 0 Å². The van der Waals surface area contributed by atoms with Crippen LogP contribution in [-0.4, -0.2) is 15.3 Å². The average Bonchev–Trinajstić information content (AvgIpc) is 2.76. The van der Waals surface area contributed by atoms with Gasteiger partial charge in [-0.3, -0.25) is 4.79 Å². The minimum absolute atomic E-state index is 0.00690. The summed E-state index contributed by atoms with van der Waals surface area (Å²) in [5.41, 5.74) is 2.77. The molecule has 0 aliphatic heterocycles. The minimum Gasteiger partial charge on any atom is -0.328 e. The summed E-state index contributed by atoms with van der Waals surface area (Å²) in [6, 6.07) is 5.88. The summed E-state index contributed by atoms with van der Waals surface area (Å²) >= 11 is 0. The molecule has 1 heterocycles. The fourth-order valence-electron chi connectivity index (χ4n) is 2.06. The van der Waals surface area contributed by atoms with Gasteiger partial charge < -0.3 is 4.57 Å². The fourth-order valence-corrected chi connectivity index (χ4v) is 2.06. The lowest BCUT2D eigenvalue weighted by Crippen LogP contribution is -2.13. The Hall–Kier alpha value is -1.90. The largest absolute Gasteiger partial charge is 0.328 e. The first-order valence-electron chi connectivity index (χ1n) is 5.77. The normalized spacial score (nSPS) is 10.5. The fraction of sp³-hybridized carbons (Fsp3) is 0.286. The van der Waals surface area contributed by atoms with Crippen molar-refractivity contribution in [1.29, 1.82) is 0 Å². The molecule has 0 spiro atoms. The van der Waals surface area contributed by atoms with Crippen LogP contribution in [0.4, 0.5) is 0 Å². The van der Waals surface area contributed by atoms with Crippen molar-refractivity contribution < 1.29 is 4.79 Å². The third-order valence-electron chi connectivity index (χ3n) is 2.97. The molecule has 0 amide bonds. The molecule has 0 N–H and O–H groups in total. The van der Waals surface area contributed by atoms with Crippen LogP contribution in [0.3, 0.4) is 0 Å². The van der Waals surface area contributed by atoms with E-state index in [4.69, 9.17) is 0 Å². The zero-order chi connectivity index (χ0) is 12.4. The summed E-state index contributed by atoms with van der Waals surface area (Å²) in [5.74, 6) is 0.525. The highest BCUT2D eigenvalue weighted by Gasteiger charge is 2.18. The Morgan fingerprint density at radius 2 is 1.94 bits per heavy atom. The maximum absolute atomic E-state index is 12.4. The van der Waals surface area contributed by atoms with Gasteiger partial charge in [0.25, 0.3) is 0 Å². The molecule has 88 valence electrons. The van der Waals surface area contributed by atoms with Crippen LogP contribution in [0.15, 0.2) is 30.6 Å². The predicted octanol–water partition coefficient (Wildman–Crippen LogP) is 2.75. The van der Waals surface area contributed by atoms with Gasteiger partial charge in [0.2, 0.25) is 5.78 Å². The maximum Gasteiger partial charge on any atom is 0.228 e. The highest BCUT2D eigenvalue weighted by Crippen LogP contribution is 2.17. The highest BCUT2D eigenvalue weighted by atomic mass is 16.1. The van der Waals surface area contributed by atoms with Gasteiger partial charge in [-0.25, -0.2) is 4.98 Å². The number of hydrogen-bond acceptors (Lipinski definition) is 2. The quantitative estimate of drug-likeness (QED) is 0.757. The molecule has 2 aromatic rings. The van der Waals surface area contributed by atoms with Crippen molar-refractivity contribution in [3.8, 4) is 0 Å². The molecule has 0 saturated heterocycles. The number of imidazole rings is 1. The second kappa shape index (κ2) is 4.53. The van der Waals surface area contributed by atoms with Crippen LogP contribution in [0.1, 0.15) is 34.2 Å². The zero-order valence-electron chi connectivity index (χ0n) is 10.4. The Balaban J connectivity index is 2.51. The molecule has 3 heteroatoms. The van der Waals surface area contributed by atoms with Gasteiger partial charge >= 0.3 is 0 Å². The number of aromatic nitrogens is 2. The van der Waals surface area contributed by atoms with E-state index >= 15 is 0 Å². The first-order valence-corrected chi connectivity index (χ1v) is 5.77. The monoisotopic (exact) mass is 228 g/mol. The van der Waals surface area contributed by atoms with Gasteiger partial charge in [-0.15, -0.1) is 0 Å². The number of carbonyl (C=O) groups excluding carboxylic acids is 1. The van der Waals surface area contributed by atoms with E-state index in [1.54, 1.807) is 6.20 Å².